The van der Waals surface area contributed by atoms with Gasteiger partial charge < -0.3 is 19.1 Å². The van der Waals surface area contributed by atoms with Crippen LogP contribution in [0.1, 0.15) is 10.6 Å². The number of aromatic nitrogens is 2. The predicted molar refractivity (Wildman–Crippen MR) is 95.6 cm³/mol. The maximum atomic E-state index is 12.6. The lowest BCUT2D eigenvalue weighted by molar-refractivity contribution is -0.402. The molecule has 146 valence electrons. The Bertz CT molecular complexity index is 886. The molecule has 2 aliphatic heterocycles. The number of anilines is 1. The summed E-state index contributed by atoms with van der Waals surface area (Å²) in [6.45, 7) is 3.03. The number of rotatable bonds is 4. The summed E-state index contributed by atoms with van der Waals surface area (Å²) in [5.41, 5.74) is 0. The van der Waals surface area contributed by atoms with Gasteiger partial charge in [0.05, 0.1) is 12.0 Å². The van der Waals surface area contributed by atoms with E-state index in [1.807, 2.05) is 4.90 Å². The van der Waals surface area contributed by atoms with Crippen molar-refractivity contribution in [1.29, 1.82) is 0 Å². The predicted octanol–water partition coefficient (Wildman–Crippen LogP) is 0.399. The van der Waals surface area contributed by atoms with Crippen molar-refractivity contribution >= 4 is 23.6 Å². The number of amides is 2. The fourth-order valence-corrected chi connectivity index (χ4v) is 3.34. The zero-order chi connectivity index (χ0) is 19.7. The molecule has 0 saturated carbocycles. The van der Waals surface area contributed by atoms with E-state index in [1.165, 1.54) is 11.0 Å². The van der Waals surface area contributed by atoms with Crippen LogP contribution in [0.15, 0.2) is 35.0 Å². The molecule has 4 heterocycles. The summed E-state index contributed by atoms with van der Waals surface area (Å²) in [5.74, 6) is -0.590. The second-order valence-electron chi connectivity index (χ2n) is 6.66. The first-order valence-corrected chi connectivity index (χ1v) is 8.87. The van der Waals surface area contributed by atoms with Gasteiger partial charge in [0.25, 0.3) is 5.91 Å². The highest BCUT2D eigenvalue weighted by atomic mass is 16.6. The van der Waals surface area contributed by atoms with Crippen LogP contribution in [0.4, 0.5) is 11.8 Å². The van der Waals surface area contributed by atoms with Gasteiger partial charge in [0.1, 0.15) is 4.92 Å². The van der Waals surface area contributed by atoms with E-state index in [0.717, 1.165) is 6.07 Å². The molecule has 0 N–H and O–H groups in total. The van der Waals surface area contributed by atoms with E-state index in [2.05, 4.69) is 9.97 Å². The van der Waals surface area contributed by atoms with Gasteiger partial charge in [0, 0.05) is 51.7 Å². The van der Waals surface area contributed by atoms with Gasteiger partial charge in [-0.25, -0.2) is 9.97 Å². The van der Waals surface area contributed by atoms with Gasteiger partial charge in [0.2, 0.25) is 11.9 Å². The highest BCUT2D eigenvalue weighted by Gasteiger charge is 2.40. The molecule has 4 rings (SSSR count). The number of furan rings is 1. The molecule has 0 unspecified atom stereocenters. The average Bonchev–Trinajstić information content (AvgIpc) is 3.18. The lowest BCUT2D eigenvalue weighted by atomic mass is 9.97. The standard InChI is InChI=1S/C17H18N6O5/c24-15(20-6-8-21(9-7-20)17-18-4-1-5-19-17)12-10-22(11-12)16(25)13-2-3-14(28-13)23(26)27/h1-5,12H,6-11H2. The van der Waals surface area contributed by atoms with Crippen LogP contribution in [0.25, 0.3) is 0 Å². The third kappa shape index (κ3) is 3.38. The SMILES string of the molecule is O=C(c1ccc([N+](=O)[O-])o1)N1CC(C(=O)N2CCN(c3ncccn3)CC2)C1. The molecule has 0 atom stereocenters. The summed E-state index contributed by atoms with van der Waals surface area (Å²) in [4.78, 5) is 48.6. The summed E-state index contributed by atoms with van der Waals surface area (Å²) < 4.78 is 4.93. The molecule has 2 aliphatic rings. The summed E-state index contributed by atoms with van der Waals surface area (Å²) in [6.07, 6.45) is 3.38. The zero-order valence-electron chi connectivity index (χ0n) is 14.9. The number of carbonyl (C=O) groups excluding carboxylic acids is 2. The topological polar surface area (TPSA) is 126 Å². The molecule has 28 heavy (non-hydrogen) atoms. The summed E-state index contributed by atoms with van der Waals surface area (Å²) in [6, 6.07) is 4.18. The maximum Gasteiger partial charge on any atom is 0.433 e. The van der Waals surface area contributed by atoms with Crippen molar-refractivity contribution in [3.63, 3.8) is 0 Å². The van der Waals surface area contributed by atoms with E-state index >= 15 is 0 Å². The zero-order valence-corrected chi connectivity index (χ0v) is 14.9. The average molecular weight is 386 g/mol. The monoisotopic (exact) mass is 386 g/mol. The van der Waals surface area contributed by atoms with Crippen molar-refractivity contribution in [2.45, 2.75) is 0 Å². The highest BCUT2D eigenvalue weighted by molar-refractivity contribution is 5.94. The molecule has 11 nitrogen and oxygen atoms in total. The Hall–Kier alpha value is -3.50. The van der Waals surface area contributed by atoms with Gasteiger partial charge in [-0.2, -0.15) is 0 Å². The van der Waals surface area contributed by atoms with Crippen LogP contribution < -0.4 is 4.90 Å². The molecular formula is C17H18N6O5. The Balaban J connectivity index is 1.27. The highest BCUT2D eigenvalue weighted by Crippen LogP contribution is 2.24. The van der Waals surface area contributed by atoms with Crippen molar-refractivity contribution in [3.8, 4) is 0 Å². The van der Waals surface area contributed by atoms with Crippen LogP contribution >= 0.6 is 0 Å². The molecule has 2 amide bonds. The molecule has 11 heteroatoms. The van der Waals surface area contributed by atoms with Crippen LogP contribution in [0, 0.1) is 16.0 Å². The van der Waals surface area contributed by atoms with Crippen molar-refractivity contribution in [1.82, 2.24) is 19.8 Å². The quantitative estimate of drug-likeness (QED) is 0.546. The van der Waals surface area contributed by atoms with Crippen LogP contribution in [0.2, 0.25) is 0 Å². The van der Waals surface area contributed by atoms with Gasteiger partial charge in [-0.1, -0.05) is 0 Å². The normalized spacial score (nSPS) is 17.4. The number of nitrogens with zero attached hydrogens (tertiary/aromatic N) is 6. The van der Waals surface area contributed by atoms with Crippen LogP contribution in [-0.4, -0.2) is 75.8 Å². The van der Waals surface area contributed by atoms with Crippen molar-refractivity contribution in [2.24, 2.45) is 5.92 Å². The molecule has 2 saturated heterocycles. The van der Waals surface area contributed by atoms with E-state index in [9.17, 15) is 19.7 Å². The Kier molecular flexibility index (Phi) is 4.63. The Morgan fingerprint density at radius 1 is 1.07 bits per heavy atom. The van der Waals surface area contributed by atoms with Gasteiger partial charge in [-0.15, -0.1) is 0 Å². The Morgan fingerprint density at radius 3 is 2.36 bits per heavy atom. The summed E-state index contributed by atoms with van der Waals surface area (Å²) >= 11 is 0. The first-order valence-electron chi connectivity index (χ1n) is 8.87. The van der Waals surface area contributed by atoms with Gasteiger partial charge in [-0.05, 0) is 12.1 Å². The lowest BCUT2D eigenvalue weighted by Crippen LogP contribution is -2.59. The molecular weight excluding hydrogens is 368 g/mol. The molecule has 0 radical (unpaired) electrons. The van der Waals surface area contributed by atoms with Gasteiger partial charge in [0.15, 0.2) is 5.76 Å². The summed E-state index contributed by atoms with van der Waals surface area (Å²) in [7, 11) is 0. The van der Waals surface area contributed by atoms with Gasteiger partial charge in [-0.3, -0.25) is 19.7 Å². The van der Waals surface area contributed by atoms with E-state index < -0.39 is 16.7 Å². The second-order valence-corrected chi connectivity index (χ2v) is 6.66. The second kappa shape index (κ2) is 7.25. The van der Waals surface area contributed by atoms with E-state index in [0.29, 0.717) is 32.1 Å². The molecule has 0 bridgehead atoms. The number of hydrogen-bond acceptors (Lipinski definition) is 8. The molecule has 2 aromatic heterocycles. The first kappa shape index (κ1) is 17.9. The van der Waals surface area contributed by atoms with Crippen LogP contribution in [0.5, 0.6) is 0 Å². The smallest absolute Gasteiger partial charge is 0.395 e. The number of carbonyl (C=O) groups is 2. The maximum absolute atomic E-state index is 12.6. The Morgan fingerprint density at radius 2 is 1.75 bits per heavy atom. The molecule has 2 aromatic rings. The number of piperazine rings is 1. The molecule has 0 aliphatic carbocycles. The van der Waals surface area contributed by atoms with E-state index in [4.69, 9.17) is 4.42 Å². The number of likely N-dealkylation sites (tertiary alicyclic amines) is 1. The first-order chi connectivity index (χ1) is 13.5. The van der Waals surface area contributed by atoms with E-state index in [1.54, 1.807) is 23.4 Å². The minimum absolute atomic E-state index is 0.0168. The molecule has 0 spiro atoms. The van der Waals surface area contributed by atoms with Crippen LogP contribution in [-0.2, 0) is 4.79 Å². The Labute approximate surface area is 159 Å². The molecule has 0 aromatic carbocycles. The fraction of sp³-hybridized carbons (Fsp3) is 0.412. The van der Waals surface area contributed by atoms with E-state index in [-0.39, 0.29) is 30.7 Å². The van der Waals surface area contributed by atoms with Gasteiger partial charge >= 0.3 is 5.88 Å². The molecule has 2 fully saturated rings. The minimum Gasteiger partial charge on any atom is -0.395 e. The summed E-state index contributed by atoms with van der Waals surface area (Å²) in [5, 5.41) is 10.6. The van der Waals surface area contributed by atoms with Crippen LogP contribution in [0.3, 0.4) is 0 Å². The van der Waals surface area contributed by atoms with Crippen molar-refractivity contribution in [3.05, 3.63) is 46.5 Å². The van der Waals surface area contributed by atoms with Crippen molar-refractivity contribution in [2.75, 3.05) is 44.2 Å². The number of nitro groups is 1. The lowest BCUT2D eigenvalue weighted by Gasteiger charge is -2.42. The minimum atomic E-state index is -0.695. The largest absolute Gasteiger partial charge is 0.433 e. The number of hydrogen-bond donors (Lipinski definition) is 0. The third-order valence-electron chi connectivity index (χ3n) is 4.93. The van der Waals surface area contributed by atoms with Crippen molar-refractivity contribution < 1.29 is 18.9 Å². The third-order valence-corrected chi connectivity index (χ3v) is 4.93. The fourth-order valence-electron chi connectivity index (χ4n) is 3.34.